The molecule has 0 saturated heterocycles. The van der Waals surface area contributed by atoms with Crippen molar-refractivity contribution in [2.45, 2.75) is 103 Å². The summed E-state index contributed by atoms with van der Waals surface area (Å²) in [5.41, 5.74) is 0. The molecule has 10 heteroatoms. The van der Waals surface area contributed by atoms with E-state index in [1.165, 1.54) is 19.3 Å². The summed E-state index contributed by atoms with van der Waals surface area (Å²) >= 11 is 0. The molecule has 9 nitrogen and oxygen atoms in total. The average Bonchev–Trinajstić information content (AvgIpc) is 2.77. The average molecular weight is 525 g/mol. The molecule has 0 aliphatic rings. The summed E-state index contributed by atoms with van der Waals surface area (Å²) in [6, 6.07) is 0. The van der Waals surface area contributed by atoms with Crippen LogP contribution >= 0.6 is 7.82 Å². The Bertz CT molecular complexity index is 609. The third-order valence-corrected chi connectivity index (χ3v) is 6.37. The standard InChI is InChI=1S/C25H50NO8P/c1-6-8-10-12-13-14-16-18-25(28)34-23(21-31-24(27)17-15-11-9-7-2)22-33-35(29,30)32-20-19-26(3,4)5/h23H,6-22H2,1-5H3/p+1/t23-/m1/s1. The van der Waals surface area contributed by atoms with Crippen molar-refractivity contribution < 1.29 is 42.1 Å². The van der Waals surface area contributed by atoms with Crippen molar-refractivity contribution >= 4 is 19.8 Å². The summed E-state index contributed by atoms with van der Waals surface area (Å²) in [6.07, 6.45) is 10.9. The first-order chi connectivity index (χ1) is 16.5. The fourth-order valence-electron chi connectivity index (χ4n) is 3.19. The summed E-state index contributed by atoms with van der Waals surface area (Å²) in [5.74, 6) is -0.828. The van der Waals surface area contributed by atoms with Crippen LogP contribution in [0.5, 0.6) is 0 Å². The van der Waals surface area contributed by atoms with Crippen molar-refractivity contribution in [2.75, 3.05) is 47.5 Å². The quantitative estimate of drug-likeness (QED) is 0.0820. The van der Waals surface area contributed by atoms with Crippen LogP contribution in [0.1, 0.15) is 97.3 Å². The van der Waals surface area contributed by atoms with Gasteiger partial charge in [0.1, 0.15) is 19.8 Å². The lowest BCUT2D eigenvalue weighted by Crippen LogP contribution is -2.37. The Morgan fingerprint density at radius 1 is 0.771 bits per heavy atom. The molecule has 0 rings (SSSR count). The molecule has 0 spiro atoms. The maximum absolute atomic E-state index is 12.3. The van der Waals surface area contributed by atoms with E-state index >= 15 is 0 Å². The van der Waals surface area contributed by atoms with Crippen molar-refractivity contribution in [1.29, 1.82) is 0 Å². The molecule has 0 aromatic rings. The predicted molar refractivity (Wildman–Crippen MR) is 137 cm³/mol. The molecule has 0 heterocycles. The molecular weight excluding hydrogens is 473 g/mol. The van der Waals surface area contributed by atoms with Gasteiger partial charge in [0.15, 0.2) is 6.10 Å². The van der Waals surface area contributed by atoms with E-state index < -0.39 is 26.5 Å². The maximum atomic E-state index is 12.3. The van der Waals surface area contributed by atoms with Gasteiger partial charge < -0.3 is 18.9 Å². The van der Waals surface area contributed by atoms with Crippen LogP contribution < -0.4 is 0 Å². The minimum Gasteiger partial charge on any atom is -0.462 e. The van der Waals surface area contributed by atoms with Gasteiger partial charge in [0.05, 0.1) is 27.7 Å². The SMILES string of the molecule is CCCCCCCCCC(=O)O[C@H](COC(=O)CCCCCC)COP(=O)(O)OCC[N+](C)(C)C. The van der Waals surface area contributed by atoms with Crippen molar-refractivity contribution in [2.24, 2.45) is 0 Å². The number of likely N-dealkylation sites (N-methyl/N-ethyl adjacent to an activating group) is 1. The molecule has 35 heavy (non-hydrogen) atoms. The van der Waals surface area contributed by atoms with Crippen molar-refractivity contribution in [3.63, 3.8) is 0 Å². The highest BCUT2D eigenvalue weighted by Crippen LogP contribution is 2.43. The molecule has 0 amide bonds. The lowest BCUT2D eigenvalue weighted by atomic mass is 10.1. The van der Waals surface area contributed by atoms with Gasteiger partial charge in [0.2, 0.25) is 0 Å². The molecule has 2 atom stereocenters. The number of esters is 2. The van der Waals surface area contributed by atoms with Gasteiger partial charge in [-0.05, 0) is 12.8 Å². The number of rotatable bonds is 23. The maximum Gasteiger partial charge on any atom is 0.472 e. The molecule has 1 unspecified atom stereocenters. The Balaban J connectivity index is 4.60. The molecule has 0 aliphatic carbocycles. The summed E-state index contributed by atoms with van der Waals surface area (Å²) < 4.78 is 33.5. The zero-order valence-corrected chi connectivity index (χ0v) is 23.7. The topological polar surface area (TPSA) is 108 Å². The minimum atomic E-state index is -4.33. The summed E-state index contributed by atoms with van der Waals surface area (Å²) in [5, 5.41) is 0. The summed E-state index contributed by atoms with van der Waals surface area (Å²) in [4.78, 5) is 34.3. The van der Waals surface area contributed by atoms with Gasteiger partial charge in [-0.2, -0.15) is 0 Å². The number of phosphoric ester groups is 1. The number of phosphoric acid groups is 1. The highest BCUT2D eigenvalue weighted by Gasteiger charge is 2.27. The molecular formula is C25H51NO8P+. The Morgan fingerprint density at radius 3 is 1.86 bits per heavy atom. The van der Waals surface area contributed by atoms with E-state index in [0.717, 1.165) is 44.9 Å². The number of nitrogens with zero attached hydrogens (tertiary/aromatic N) is 1. The van der Waals surface area contributed by atoms with Crippen LogP contribution in [0.4, 0.5) is 0 Å². The number of quaternary nitrogens is 1. The Morgan fingerprint density at radius 2 is 1.29 bits per heavy atom. The fourth-order valence-corrected chi connectivity index (χ4v) is 3.93. The molecule has 1 N–H and O–H groups in total. The van der Waals surface area contributed by atoms with Crippen LogP contribution in [0, 0.1) is 0 Å². The van der Waals surface area contributed by atoms with Gasteiger partial charge in [-0.25, -0.2) is 4.57 Å². The second-order valence-electron chi connectivity index (χ2n) is 10.1. The normalized spacial score (nSPS) is 14.3. The van der Waals surface area contributed by atoms with Crippen LogP contribution in [0.15, 0.2) is 0 Å². The van der Waals surface area contributed by atoms with Crippen LogP contribution in [-0.2, 0) is 32.7 Å². The van der Waals surface area contributed by atoms with Crippen molar-refractivity contribution in [1.82, 2.24) is 0 Å². The van der Waals surface area contributed by atoms with E-state index in [4.69, 9.17) is 18.5 Å². The van der Waals surface area contributed by atoms with Crippen LogP contribution in [0.25, 0.3) is 0 Å². The molecule has 0 radical (unpaired) electrons. The van der Waals surface area contributed by atoms with E-state index in [0.29, 0.717) is 17.4 Å². The summed E-state index contributed by atoms with van der Waals surface area (Å²) in [6.45, 7) is 4.19. The lowest BCUT2D eigenvalue weighted by Gasteiger charge is -2.24. The van der Waals surface area contributed by atoms with Crippen LogP contribution in [0.2, 0.25) is 0 Å². The first-order valence-electron chi connectivity index (χ1n) is 13.3. The predicted octanol–water partition coefficient (Wildman–Crippen LogP) is 5.39. The van der Waals surface area contributed by atoms with Gasteiger partial charge in [-0.3, -0.25) is 18.6 Å². The zero-order chi connectivity index (χ0) is 26.6. The Labute approximate surface area is 213 Å². The minimum absolute atomic E-state index is 0.0345. The Kier molecular flexibility index (Phi) is 19.5. The molecule has 0 fully saturated rings. The number of unbranched alkanes of at least 4 members (excludes halogenated alkanes) is 9. The van der Waals surface area contributed by atoms with Crippen molar-refractivity contribution in [3.8, 4) is 0 Å². The largest absolute Gasteiger partial charge is 0.472 e. The van der Waals surface area contributed by atoms with Crippen molar-refractivity contribution in [3.05, 3.63) is 0 Å². The second kappa shape index (κ2) is 20.1. The number of hydrogen-bond donors (Lipinski definition) is 1. The third kappa shape index (κ3) is 23.2. The van der Waals surface area contributed by atoms with Gasteiger partial charge in [0, 0.05) is 12.8 Å². The van der Waals surface area contributed by atoms with Crippen LogP contribution in [-0.4, -0.2) is 74.9 Å². The number of carbonyl (C=O) groups excluding carboxylic acids is 2. The molecule has 0 aromatic carbocycles. The summed E-state index contributed by atoms with van der Waals surface area (Å²) in [7, 11) is 1.47. The molecule has 0 bridgehead atoms. The van der Waals surface area contributed by atoms with E-state index in [-0.39, 0.29) is 32.0 Å². The van der Waals surface area contributed by atoms with Gasteiger partial charge in [0.25, 0.3) is 0 Å². The Hall–Kier alpha value is -0.990. The fraction of sp³-hybridized carbons (Fsp3) is 0.920. The first-order valence-corrected chi connectivity index (χ1v) is 14.8. The number of hydrogen-bond acceptors (Lipinski definition) is 7. The molecule has 208 valence electrons. The third-order valence-electron chi connectivity index (χ3n) is 5.39. The number of ether oxygens (including phenoxy) is 2. The highest BCUT2D eigenvalue weighted by molar-refractivity contribution is 7.47. The van der Waals surface area contributed by atoms with E-state index in [2.05, 4.69) is 13.8 Å². The van der Waals surface area contributed by atoms with Gasteiger partial charge in [-0.15, -0.1) is 0 Å². The monoisotopic (exact) mass is 524 g/mol. The number of carbonyl (C=O) groups is 2. The highest BCUT2D eigenvalue weighted by atomic mass is 31.2. The molecule has 0 aliphatic heterocycles. The van der Waals surface area contributed by atoms with Crippen LogP contribution in [0.3, 0.4) is 0 Å². The second-order valence-corrected chi connectivity index (χ2v) is 11.5. The lowest BCUT2D eigenvalue weighted by molar-refractivity contribution is -0.870. The smallest absolute Gasteiger partial charge is 0.462 e. The zero-order valence-electron chi connectivity index (χ0n) is 22.8. The first kappa shape index (κ1) is 34.0. The van der Waals surface area contributed by atoms with Gasteiger partial charge >= 0.3 is 19.8 Å². The molecule has 0 aromatic heterocycles. The van der Waals surface area contributed by atoms with E-state index in [9.17, 15) is 19.0 Å². The van der Waals surface area contributed by atoms with E-state index in [1.54, 1.807) is 0 Å². The molecule has 0 saturated carbocycles. The van der Waals surface area contributed by atoms with Gasteiger partial charge in [-0.1, -0.05) is 71.6 Å². The van der Waals surface area contributed by atoms with E-state index in [1.807, 2.05) is 21.1 Å².